The van der Waals surface area contributed by atoms with Gasteiger partial charge < -0.3 is 9.47 Å². The summed E-state index contributed by atoms with van der Waals surface area (Å²) in [6.07, 6.45) is 0.872. The predicted molar refractivity (Wildman–Crippen MR) is 138 cm³/mol. The van der Waals surface area contributed by atoms with Crippen LogP contribution in [0.2, 0.25) is 0 Å². The molecule has 0 radical (unpaired) electrons. The summed E-state index contributed by atoms with van der Waals surface area (Å²) in [6, 6.07) is 20.2. The first-order chi connectivity index (χ1) is 16.7. The number of ether oxygens (including phenoxy) is 2. The molecule has 2 heterocycles. The van der Waals surface area contributed by atoms with Crippen LogP contribution < -0.4 is 9.64 Å². The van der Waals surface area contributed by atoms with Crippen molar-refractivity contribution >= 4 is 43.4 Å². The molecule has 0 saturated carbocycles. The molecule has 1 saturated heterocycles. The smallest absolute Gasteiger partial charge is 0.266 e. The molecule has 176 valence electrons. The highest BCUT2D eigenvalue weighted by atomic mass is 32.1. The fourth-order valence-electron chi connectivity index (χ4n) is 4.22. The third kappa shape index (κ3) is 5.38. The molecule has 6 nitrogen and oxygen atoms in total. The van der Waals surface area contributed by atoms with E-state index in [1.807, 2.05) is 42.5 Å². The Morgan fingerprint density at radius 3 is 2.76 bits per heavy atom. The van der Waals surface area contributed by atoms with Gasteiger partial charge in [-0.3, -0.25) is 14.6 Å². The molecule has 0 unspecified atom stereocenters. The lowest BCUT2D eigenvalue weighted by molar-refractivity contribution is -0.120. The van der Waals surface area contributed by atoms with Gasteiger partial charge in [0.15, 0.2) is 11.7 Å². The van der Waals surface area contributed by atoms with Gasteiger partial charge in [0, 0.05) is 26.2 Å². The van der Waals surface area contributed by atoms with Gasteiger partial charge in [0.2, 0.25) is 0 Å². The number of benzene rings is 3. The molecule has 7 heteroatoms. The van der Waals surface area contributed by atoms with Gasteiger partial charge in [-0.05, 0) is 53.9 Å². The summed E-state index contributed by atoms with van der Waals surface area (Å²) in [6.45, 7) is 7.03. The van der Waals surface area contributed by atoms with E-state index in [0.29, 0.717) is 12.3 Å². The summed E-state index contributed by atoms with van der Waals surface area (Å²) in [5, 5.41) is 2.97. The van der Waals surface area contributed by atoms with E-state index >= 15 is 0 Å². The van der Waals surface area contributed by atoms with Gasteiger partial charge in [-0.1, -0.05) is 47.7 Å². The zero-order chi connectivity index (χ0) is 23.3. The van der Waals surface area contributed by atoms with Crippen molar-refractivity contribution in [2.45, 2.75) is 13.3 Å². The van der Waals surface area contributed by atoms with E-state index in [0.717, 1.165) is 65.4 Å². The van der Waals surface area contributed by atoms with Crippen molar-refractivity contribution in [3.05, 3.63) is 66.2 Å². The Hall–Kier alpha value is -3.00. The normalized spacial score (nSPS) is 14.5. The third-order valence-corrected chi connectivity index (χ3v) is 7.15. The standard InChI is InChI=1S/C27H29N3O3S/c1-20-7-10-24-25(17-20)34-27(28-24)30(12-4-11-29-13-15-32-16-14-29)26(31)19-33-23-9-8-21-5-2-3-6-22(21)18-23/h2-3,5-10,17-18H,4,11-16,19H2,1H3. The number of carbonyl (C=O) groups is 1. The predicted octanol–water partition coefficient (Wildman–Crippen LogP) is 4.89. The number of aryl methyl sites for hydroxylation is 1. The van der Waals surface area contributed by atoms with Crippen molar-refractivity contribution in [2.75, 3.05) is 50.9 Å². The number of morpholine rings is 1. The summed E-state index contributed by atoms with van der Waals surface area (Å²) >= 11 is 1.56. The van der Waals surface area contributed by atoms with Gasteiger partial charge in [0.05, 0.1) is 23.4 Å². The van der Waals surface area contributed by atoms with Crippen LogP contribution in [-0.2, 0) is 9.53 Å². The minimum absolute atomic E-state index is 0.0230. The van der Waals surface area contributed by atoms with Crippen molar-refractivity contribution in [1.29, 1.82) is 0 Å². The number of thiazole rings is 1. The molecule has 0 spiro atoms. The third-order valence-electron chi connectivity index (χ3n) is 6.11. The molecule has 3 aromatic carbocycles. The summed E-state index contributed by atoms with van der Waals surface area (Å²) < 4.78 is 12.5. The number of rotatable bonds is 8. The van der Waals surface area contributed by atoms with E-state index in [1.165, 1.54) is 5.56 Å². The number of hydrogen-bond acceptors (Lipinski definition) is 6. The monoisotopic (exact) mass is 475 g/mol. The average molecular weight is 476 g/mol. The first-order valence-corrected chi connectivity index (χ1v) is 12.6. The summed E-state index contributed by atoms with van der Waals surface area (Å²) in [7, 11) is 0. The fraction of sp³-hybridized carbons (Fsp3) is 0.333. The molecule has 4 aromatic rings. The van der Waals surface area contributed by atoms with Crippen LogP contribution in [0.3, 0.4) is 0 Å². The van der Waals surface area contributed by atoms with Crippen LogP contribution in [0, 0.1) is 6.92 Å². The second-order valence-electron chi connectivity index (χ2n) is 8.62. The Balaban J connectivity index is 1.30. The van der Waals surface area contributed by atoms with Crippen molar-refractivity contribution < 1.29 is 14.3 Å². The molecule has 1 aromatic heterocycles. The topological polar surface area (TPSA) is 54.9 Å². The highest BCUT2D eigenvalue weighted by Gasteiger charge is 2.21. The summed E-state index contributed by atoms with van der Waals surface area (Å²) in [5.74, 6) is 0.617. The SMILES string of the molecule is Cc1ccc2nc(N(CCCN3CCOCC3)C(=O)COc3ccc4ccccc4c3)sc2c1. The first kappa shape index (κ1) is 22.8. The highest BCUT2D eigenvalue weighted by Crippen LogP contribution is 2.30. The van der Waals surface area contributed by atoms with Crippen LogP contribution in [0.5, 0.6) is 5.75 Å². The Morgan fingerprint density at radius 1 is 1.09 bits per heavy atom. The molecular formula is C27H29N3O3S. The van der Waals surface area contributed by atoms with Crippen molar-refractivity contribution in [3.8, 4) is 5.75 Å². The quantitative estimate of drug-likeness (QED) is 0.363. The minimum atomic E-state index is -0.0779. The minimum Gasteiger partial charge on any atom is -0.484 e. The van der Waals surface area contributed by atoms with E-state index < -0.39 is 0 Å². The zero-order valence-electron chi connectivity index (χ0n) is 19.4. The number of aromatic nitrogens is 1. The maximum atomic E-state index is 13.3. The van der Waals surface area contributed by atoms with Crippen LogP contribution in [0.25, 0.3) is 21.0 Å². The number of amides is 1. The Labute approximate surface area is 203 Å². The molecule has 34 heavy (non-hydrogen) atoms. The fourth-order valence-corrected chi connectivity index (χ4v) is 5.33. The van der Waals surface area contributed by atoms with Crippen molar-refractivity contribution in [3.63, 3.8) is 0 Å². The molecule has 1 fully saturated rings. The molecule has 0 bridgehead atoms. The van der Waals surface area contributed by atoms with Gasteiger partial charge in [-0.15, -0.1) is 0 Å². The van der Waals surface area contributed by atoms with Crippen LogP contribution in [0.1, 0.15) is 12.0 Å². The van der Waals surface area contributed by atoms with Crippen molar-refractivity contribution in [2.24, 2.45) is 0 Å². The maximum Gasteiger partial charge on any atom is 0.266 e. The number of fused-ring (bicyclic) bond motifs is 2. The largest absolute Gasteiger partial charge is 0.484 e. The molecule has 0 N–H and O–H groups in total. The molecule has 1 aliphatic rings. The number of anilines is 1. The van der Waals surface area contributed by atoms with E-state index in [2.05, 4.69) is 30.0 Å². The lowest BCUT2D eigenvalue weighted by Gasteiger charge is -2.27. The van der Waals surface area contributed by atoms with E-state index in [1.54, 1.807) is 16.2 Å². The second-order valence-corrected chi connectivity index (χ2v) is 9.63. The average Bonchev–Trinajstić information content (AvgIpc) is 3.28. The number of carbonyl (C=O) groups excluding carboxylic acids is 1. The Bertz CT molecular complexity index is 1280. The van der Waals surface area contributed by atoms with Crippen LogP contribution >= 0.6 is 11.3 Å². The number of hydrogen-bond donors (Lipinski definition) is 0. The maximum absolute atomic E-state index is 13.3. The Kier molecular flexibility index (Phi) is 7.04. The van der Waals surface area contributed by atoms with Gasteiger partial charge >= 0.3 is 0 Å². The summed E-state index contributed by atoms with van der Waals surface area (Å²) in [5.41, 5.74) is 2.11. The molecule has 1 aliphatic heterocycles. The first-order valence-electron chi connectivity index (χ1n) is 11.7. The molecule has 0 aliphatic carbocycles. The van der Waals surface area contributed by atoms with Crippen LogP contribution in [0.4, 0.5) is 5.13 Å². The molecule has 1 amide bonds. The molecule has 0 atom stereocenters. The van der Waals surface area contributed by atoms with Gasteiger partial charge in [0.1, 0.15) is 5.75 Å². The second kappa shape index (κ2) is 10.5. The Morgan fingerprint density at radius 2 is 1.91 bits per heavy atom. The molecule has 5 rings (SSSR count). The zero-order valence-corrected chi connectivity index (χ0v) is 20.2. The van der Waals surface area contributed by atoms with Gasteiger partial charge in [-0.25, -0.2) is 4.98 Å². The summed E-state index contributed by atoms with van der Waals surface area (Å²) in [4.78, 5) is 22.3. The van der Waals surface area contributed by atoms with E-state index in [4.69, 9.17) is 14.5 Å². The highest BCUT2D eigenvalue weighted by molar-refractivity contribution is 7.22. The van der Waals surface area contributed by atoms with Crippen LogP contribution in [-0.4, -0.2) is 61.8 Å². The van der Waals surface area contributed by atoms with Crippen molar-refractivity contribution in [1.82, 2.24) is 9.88 Å². The number of nitrogens with zero attached hydrogens (tertiary/aromatic N) is 3. The lowest BCUT2D eigenvalue weighted by Crippen LogP contribution is -2.40. The van der Waals surface area contributed by atoms with E-state index in [-0.39, 0.29) is 12.5 Å². The van der Waals surface area contributed by atoms with Gasteiger partial charge in [-0.2, -0.15) is 0 Å². The van der Waals surface area contributed by atoms with Gasteiger partial charge in [0.25, 0.3) is 5.91 Å². The van der Waals surface area contributed by atoms with Crippen LogP contribution in [0.15, 0.2) is 60.7 Å². The van der Waals surface area contributed by atoms with E-state index in [9.17, 15) is 4.79 Å². The molecular weight excluding hydrogens is 446 g/mol. The lowest BCUT2D eigenvalue weighted by atomic mass is 10.1.